The van der Waals surface area contributed by atoms with Crippen LogP contribution in [0.2, 0.25) is 0 Å². The number of hydrogen-bond donors (Lipinski definition) is 2. The van der Waals surface area contributed by atoms with Crippen molar-refractivity contribution in [3.05, 3.63) is 0 Å². The van der Waals surface area contributed by atoms with Crippen molar-refractivity contribution in [1.82, 2.24) is 10.6 Å². The Kier molecular flexibility index (Phi) is 18.2. The van der Waals surface area contributed by atoms with Gasteiger partial charge in [0, 0.05) is 76.6 Å². The van der Waals surface area contributed by atoms with Gasteiger partial charge >= 0.3 is 0 Å². The Hall–Kier alpha value is -2.35. The van der Waals surface area contributed by atoms with Gasteiger partial charge in [0.15, 0.2) is 18.8 Å². The van der Waals surface area contributed by atoms with Gasteiger partial charge in [-0.25, -0.2) is 0 Å². The molecule has 3 aliphatic heterocycles. The molecule has 3 aliphatic rings. The van der Waals surface area contributed by atoms with Crippen LogP contribution >= 0.6 is 0 Å². The highest BCUT2D eigenvalue weighted by Crippen LogP contribution is 2.36. The summed E-state index contributed by atoms with van der Waals surface area (Å²) < 4.78 is 78.4. The Balaban J connectivity index is 1.88. The second-order valence-electron chi connectivity index (χ2n) is 12.5. The fourth-order valence-electron chi connectivity index (χ4n) is 6.90. The van der Waals surface area contributed by atoms with Gasteiger partial charge in [-0.1, -0.05) is 0 Å². The topological polar surface area (TPSA) is 195 Å². The number of terminal acetylenes is 1. The highest BCUT2D eigenvalue weighted by atomic mass is 16.8. The number of ketones is 1. The first-order valence-corrected chi connectivity index (χ1v) is 16.9. The molecule has 0 radical (unpaired) electrons. The largest absolute Gasteiger partial charge is 0.382 e. The van der Waals surface area contributed by atoms with Crippen molar-refractivity contribution in [1.29, 1.82) is 0 Å². The molecule has 2 N–H and O–H groups in total. The summed E-state index contributed by atoms with van der Waals surface area (Å²) in [4.78, 5) is 36.3. The van der Waals surface area contributed by atoms with Crippen LogP contribution < -0.4 is 10.6 Å². The highest BCUT2D eigenvalue weighted by molar-refractivity contribution is 5.96. The Labute approximate surface area is 305 Å². The molecule has 0 aromatic heterocycles. The van der Waals surface area contributed by atoms with Gasteiger partial charge in [0.2, 0.25) is 17.6 Å². The monoisotopic (exact) mass is 748 g/mol. The number of carbonyl (C=O) groups excluding carboxylic acids is 3. The molecule has 3 rings (SSSR count). The summed E-state index contributed by atoms with van der Waals surface area (Å²) in [5, 5.41) is 5.63. The minimum atomic E-state index is -1.10. The summed E-state index contributed by atoms with van der Waals surface area (Å²) in [6, 6.07) is -0.514. The van der Waals surface area contributed by atoms with Crippen LogP contribution in [0.25, 0.3) is 0 Å². The van der Waals surface area contributed by atoms with E-state index in [1.165, 1.54) is 63.8 Å². The number of rotatable bonds is 19. The van der Waals surface area contributed by atoms with E-state index in [4.69, 9.17) is 68.0 Å². The van der Waals surface area contributed by atoms with E-state index in [1.807, 2.05) is 5.92 Å². The van der Waals surface area contributed by atoms with E-state index in [-0.39, 0.29) is 32.0 Å². The van der Waals surface area contributed by atoms with E-state index in [2.05, 4.69) is 10.6 Å². The number of nitrogens with one attached hydrogen (secondary N) is 2. The fraction of sp³-hybridized carbons (Fsp3) is 0.853. The molecule has 15 atom stereocenters. The summed E-state index contributed by atoms with van der Waals surface area (Å²) in [6.45, 7) is 3.30. The van der Waals surface area contributed by atoms with Gasteiger partial charge in [-0.15, -0.1) is 6.42 Å². The minimum absolute atomic E-state index is 0.0317. The van der Waals surface area contributed by atoms with Crippen LogP contribution in [-0.4, -0.2) is 180 Å². The third-order valence-corrected chi connectivity index (χ3v) is 9.32. The first kappa shape index (κ1) is 44.0. The van der Waals surface area contributed by atoms with Gasteiger partial charge in [0.05, 0.1) is 25.4 Å². The van der Waals surface area contributed by atoms with Crippen LogP contribution in [0.15, 0.2) is 0 Å². The molecule has 18 heteroatoms. The van der Waals surface area contributed by atoms with Crippen molar-refractivity contribution in [2.24, 2.45) is 0 Å². The molecule has 0 aromatic rings. The van der Waals surface area contributed by atoms with Crippen molar-refractivity contribution in [3.8, 4) is 12.3 Å². The Morgan fingerprint density at radius 2 is 1.10 bits per heavy atom. The average Bonchev–Trinajstić information content (AvgIpc) is 3.12. The summed E-state index contributed by atoms with van der Waals surface area (Å²) in [5.41, 5.74) is 0. The lowest BCUT2D eigenvalue weighted by Crippen LogP contribution is -2.69. The van der Waals surface area contributed by atoms with Crippen molar-refractivity contribution < 1.29 is 76.0 Å². The summed E-state index contributed by atoms with van der Waals surface area (Å²) >= 11 is 0. The van der Waals surface area contributed by atoms with Crippen molar-refractivity contribution in [2.45, 2.75) is 119 Å². The molecule has 0 spiro atoms. The number of ether oxygens (including phenoxy) is 13. The van der Waals surface area contributed by atoms with Crippen LogP contribution in [0.4, 0.5) is 0 Å². The Bertz CT molecular complexity index is 1170. The van der Waals surface area contributed by atoms with E-state index >= 15 is 0 Å². The second kappa shape index (κ2) is 21.5. The standard InChI is InChI=1S/C34H56N2O16/c1-12-19(38)13-14-22(39)36-32-29(45-9)27(43-7)24(20(49-32)15-40-4)52-34-31(47-11)28(44-8)25(21(50-34)16-41-5)51-33-30(46-10)26(42-6)23(17(2)48-33)35-18(3)37/h1,17,20-21,23-34H,13-16H2,2-11H3,(H,35,37)(H,36,39)/t17?,20?,21?,23-,24-,25-,26-,27-,28-,29?,30?,31?,32?,33-,34-/m0/s1. The maximum atomic E-state index is 12.7. The number of methoxy groups -OCH3 is 8. The Morgan fingerprint density at radius 3 is 1.58 bits per heavy atom. The lowest BCUT2D eigenvalue weighted by atomic mass is 9.94. The SMILES string of the molecule is C#CC(=O)CCC(=O)NC1OC(COC)[C@H](O[C@@H]2OC(COC)[C@H](O[C@@H]3OC(C)[C@H](NC(C)=O)[C@H](OC)C3OC)[C@H](OC)C2OC)[C@H](OC)C1OC. The Morgan fingerprint density at radius 1 is 0.615 bits per heavy atom. The second-order valence-corrected chi connectivity index (χ2v) is 12.5. The molecular formula is C34H56N2O16. The maximum Gasteiger partial charge on any atom is 0.222 e. The molecule has 3 heterocycles. The molecule has 3 fully saturated rings. The normalized spacial score (nSPS) is 37.9. The minimum Gasteiger partial charge on any atom is -0.382 e. The van der Waals surface area contributed by atoms with E-state index in [1.54, 1.807) is 6.92 Å². The van der Waals surface area contributed by atoms with Gasteiger partial charge in [-0.3, -0.25) is 14.4 Å². The molecule has 0 bridgehead atoms. The van der Waals surface area contributed by atoms with E-state index < -0.39 is 104 Å². The van der Waals surface area contributed by atoms with Gasteiger partial charge in [0.25, 0.3) is 0 Å². The van der Waals surface area contributed by atoms with Gasteiger partial charge in [-0.05, 0) is 12.8 Å². The van der Waals surface area contributed by atoms with Crippen molar-refractivity contribution in [2.75, 3.05) is 70.1 Å². The molecular weight excluding hydrogens is 692 g/mol. The first-order valence-electron chi connectivity index (χ1n) is 16.9. The molecule has 2 amide bonds. The molecule has 52 heavy (non-hydrogen) atoms. The van der Waals surface area contributed by atoms with E-state index in [9.17, 15) is 14.4 Å². The van der Waals surface area contributed by atoms with E-state index in [0.717, 1.165) is 0 Å². The third kappa shape index (κ3) is 10.7. The predicted molar refractivity (Wildman–Crippen MR) is 179 cm³/mol. The molecule has 7 unspecified atom stereocenters. The molecule has 0 saturated carbocycles. The zero-order chi connectivity index (χ0) is 38.5. The van der Waals surface area contributed by atoms with Crippen LogP contribution in [0.3, 0.4) is 0 Å². The fourth-order valence-corrected chi connectivity index (χ4v) is 6.90. The summed E-state index contributed by atoms with van der Waals surface area (Å²) in [7, 11) is 11.9. The molecule has 0 aliphatic carbocycles. The summed E-state index contributed by atoms with van der Waals surface area (Å²) in [5.74, 6) is 0.781. The molecule has 0 aromatic carbocycles. The smallest absolute Gasteiger partial charge is 0.222 e. The average molecular weight is 749 g/mol. The lowest BCUT2D eigenvalue weighted by Gasteiger charge is -2.51. The number of hydrogen-bond acceptors (Lipinski definition) is 16. The van der Waals surface area contributed by atoms with Crippen LogP contribution in [-0.2, 0) is 76.0 Å². The van der Waals surface area contributed by atoms with E-state index in [0.29, 0.717) is 0 Å². The molecule has 18 nitrogen and oxygen atoms in total. The molecule has 298 valence electrons. The predicted octanol–water partition coefficient (Wildman–Crippen LogP) is -1.06. The zero-order valence-electron chi connectivity index (χ0n) is 31.6. The number of amides is 2. The quantitative estimate of drug-likeness (QED) is 0.120. The molecule has 3 saturated heterocycles. The van der Waals surface area contributed by atoms with Crippen molar-refractivity contribution >= 4 is 17.6 Å². The zero-order valence-corrected chi connectivity index (χ0v) is 31.6. The van der Waals surface area contributed by atoms with Gasteiger partial charge in [-0.2, -0.15) is 0 Å². The van der Waals surface area contributed by atoms with Crippen LogP contribution in [0.5, 0.6) is 0 Å². The number of carbonyl (C=O) groups is 3. The van der Waals surface area contributed by atoms with Crippen molar-refractivity contribution in [3.63, 3.8) is 0 Å². The maximum absolute atomic E-state index is 12.7. The summed E-state index contributed by atoms with van der Waals surface area (Å²) in [6.07, 6.45) is -6.82. The van der Waals surface area contributed by atoms with Gasteiger partial charge < -0.3 is 72.2 Å². The third-order valence-electron chi connectivity index (χ3n) is 9.32. The van der Waals surface area contributed by atoms with Gasteiger partial charge in [0.1, 0.15) is 61.0 Å². The highest BCUT2D eigenvalue weighted by Gasteiger charge is 2.55. The van der Waals surface area contributed by atoms with Crippen LogP contribution in [0.1, 0.15) is 26.7 Å². The lowest BCUT2D eigenvalue weighted by molar-refractivity contribution is -0.374. The van der Waals surface area contributed by atoms with Crippen LogP contribution in [0, 0.1) is 12.3 Å². The number of Topliss-reactive ketones (excluding diaryl/α,β-unsaturated/α-hetero) is 1. The first-order chi connectivity index (χ1) is 25.0.